The number of furan rings is 1. The molecule has 1 atom stereocenters. The van der Waals surface area contributed by atoms with Gasteiger partial charge in [-0.25, -0.2) is 0 Å². The Hall–Kier alpha value is -1.48. The Kier molecular flexibility index (Phi) is 1.76. The van der Waals surface area contributed by atoms with Crippen LogP contribution in [0.1, 0.15) is 11.3 Å². The molecule has 0 aliphatic carbocycles. The van der Waals surface area contributed by atoms with Gasteiger partial charge in [0.1, 0.15) is 17.9 Å². The van der Waals surface area contributed by atoms with Gasteiger partial charge in [0.15, 0.2) is 0 Å². The first-order valence-electron chi connectivity index (χ1n) is 5.35. The summed E-state index contributed by atoms with van der Waals surface area (Å²) in [6.07, 6.45) is 1.04. The van der Waals surface area contributed by atoms with Crippen LogP contribution in [0.5, 0.6) is 0 Å². The van der Waals surface area contributed by atoms with Crippen molar-refractivity contribution in [1.82, 2.24) is 0 Å². The maximum Gasteiger partial charge on any atom is 0.134 e. The zero-order valence-corrected chi connectivity index (χ0v) is 8.84. The second kappa shape index (κ2) is 3.00. The molecule has 3 nitrogen and oxygen atoms in total. The molecule has 3 N–H and O–H groups in total. The van der Waals surface area contributed by atoms with Gasteiger partial charge in [0.25, 0.3) is 0 Å². The molecule has 0 saturated heterocycles. The molecule has 0 spiro atoms. The van der Waals surface area contributed by atoms with E-state index in [4.69, 9.17) is 10.2 Å². The number of nitrogens with two attached hydrogens (primary N) is 1. The highest BCUT2D eigenvalue weighted by Crippen LogP contribution is 2.28. The Morgan fingerprint density at radius 2 is 2.27 bits per heavy atom. The van der Waals surface area contributed by atoms with E-state index in [1.807, 2.05) is 18.2 Å². The van der Waals surface area contributed by atoms with Crippen molar-refractivity contribution in [3.63, 3.8) is 0 Å². The number of benzene rings is 1. The van der Waals surface area contributed by atoms with Crippen LogP contribution in [0, 0.1) is 0 Å². The highest BCUT2D eigenvalue weighted by molar-refractivity contribution is 5.85. The Labute approximate surface area is 88.5 Å². The number of anilines is 1. The quantitative estimate of drug-likeness (QED) is 0.615. The van der Waals surface area contributed by atoms with Crippen LogP contribution >= 0.6 is 0 Å². The Bertz CT molecular complexity index is 516. The van der Waals surface area contributed by atoms with Gasteiger partial charge < -0.3 is 15.1 Å². The minimum Gasteiger partial charge on any atom is -0.460 e. The summed E-state index contributed by atoms with van der Waals surface area (Å²) in [5.74, 6) is 1.15. The van der Waals surface area contributed by atoms with Gasteiger partial charge in [-0.1, -0.05) is 0 Å². The van der Waals surface area contributed by atoms with E-state index in [-0.39, 0.29) is 0 Å². The average molecular weight is 203 g/mol. The first-order valence-corrected chi connectivity index (χ1v) is 5.35. The van der Waals surface area contributed by atoms with Crippen molar-refractivity contribution >= 4 is 16.7 Å². The summed E-state index contributed by atoms with van der Waals surface area (Å²) in [5.41, 5.74) is 8.94. The molecule has 1 aliphatic heterocycles. The SMILES string of the molecule is C[NH+]1CCc2oc3ccc(N)cc3c2C1. The first-order chi connectivity index (χ1) is 7.24. The lowest BCUT2D eigenvalue weighted by atomic mass is 10.1. The summed E-state index contributed by atoms with van der Waals surface area (Å²) in [5, 5.41) is 1.20. The monoisotopic (exact) mass is 203 g/mol. The van der Waals surface area contributed by atoms with Gasteiger partial charge in [-0.3, -0.25) is 0 Å². The van der Waals surface area contributed by atoms with E-state index in [2.05, 4.69) is 7.05 Å². The highest BCUT2D eigenvalue weighted by Gasteiger charge is 2.22. The molecule has 3 heteroatoms. The molecule has 1 aromatic heterocycles. The van der Waals surface area contributed by atoms with E-state index in [1.54, 1.807) is 0 Å². The lowest BCUT2D eigenvalue weighted by Gasteiger charge is -2.18. The van der Waals surface area contributed by atoms with Crippen molar-refractivity contribution in [2.45, 2.75) is 13.0 Å². The molecule has 2 aromatic rings. The smallest absolute Gasteiger partial charge is 0.134 e. The highest BCUT2D eigenvalue weighted by atomic mass is 16.3. The van der Waals surface area contributed by atoms with Crippen LogP contribution in [0.3, 0.4) is 0 Å². The third kappa shape index (κ3) is 1.31. The summed E-state index contributed by atoms with van der Waals surface area (Å²) in [7, 11) is 2.22. The van der Waals surface area contributed by atoms with Gasteiger partial charge in [-0.05, 0) is 18.2 Å². The third-order valence-electron chi connectivity index (χ3n) is 3.16. The van der Waals surface area contributed by atoms with Crippen LogP contribution in [0.2, 0.25) is 0 Å². The number of likely N-dealkylation sites (N-methyl/N-ethyl adjacent to an activating group) is 1. The van der Waals surface area contributed by atoms with E-state index >= 15 is 0 Å². The van der Waals surface area contributed by atoms with E-state index < -0.39 is 0 Å². The van der Waals surface area contributed by atoms with Crippen molar-refractivity contribution in [2.75, 3.05) is 19.3 Å². The third-order valence-corrected chi connectivity index (χ3v) is 3.16. The van der Waals surface area contributed by atoms with Gasteiger partial charge in [0.05, 0.1) is 25.6 Å². The first kappa shape index (κ1) is 8.80. The number of nitrogens with one attached hydrogen (secondary N) is 1. The Morgan fingerprint density at radius 3 is 3.13 bits per heavy atom. The standard InChI is InChI=1S/C12H14N2O/c1-14-5-4-12-10(7-14)9-6-8(13)2-3-11(9)15-12/h2-3,6H,4-5,7,13H2,1H3/p+1. The molecule has 0 bridgehead atoms. The fourth-order valence-corrected chi connectivity index (χ4v) is 2.33. The second-order valence-corrected chi connectivity index (χ2v) is 4.39. The number of hydrogen-bond donors (Lipinski definition) is 2. The molecule has 78 valence electrons. The molecule has 1 aliphatic rings. The molecule has 3 rings (SSSR count). The van der Waals surface area contributed by atoms with Crippen LogP contribution in [0.25, 0.3) is 11.0 Å². The van der Waals surface area contributed by atoms with Crippen LogP contribution in [-0.4, -0.2) is 13.6 Å². The molecule has 1 unspecified atom stereocenters. The van der Waals surface area contributed by atoms with Gasteiger partial charge in [0, 0.05) is 11.1 Å². The molecule has 15 heavy (non-hydrogen) atoms. The molecule has 0 amide bonds. The molecular weight excluding hydrogens is 188 g/mol. The summed E-state index contributed by atoms with van der Waals surface area (Å²) >= 11 is 0. The summed E-state index contributed by atoms with van der Waals surface area (Å²) < 4.78 is 5.82. The lowest BCUT2D eigenvalue weighted by molar-refractivity contribution is -0.895. The lowest BCUT2D eigenvalue weighted by Crippen LogP contribution is -3.08. The van der Waals surface area contributed by atoms with Crippen molar-refractivity contribution in [3.05, 3.63) is 29.5 Å². The molecule has 0 saturated carbocycles. The normalized spacial score (nSPS) is 20.5. The number of rotatable bonds is 0. The molecule has 0 radical (unpaired) electrons. The van der Waals surface area contributed by atoms with Crippen molar-refractivity contribution in [3.8, 4) is 0 Å². The van der Waals surface area contributed by atoms with E-state index in [1.165, 1.54) is 15.8 Å². The molecule has 1 aromatic carbocycles. The molecular formula is C12H15N2O+. The predicted octanol–water partition coefficient (Wildman–Crippen LogP) is 0.586. The molecule has 2 heterocycles. The zero-order chi connectivity index (χ0) is 10.4. The van der Waals surface area contributed by atoms with E-state index in [9.17, 15) is 0 Å². The number of fused-ring (bicyclic) bond motifs is 3. The van der Waals surface area contributed by atoms with Crippen LogP contribution < -0.4 is 10.6 Å². The van der Waals surface area contributed by atoms with Gasteiger partial charge in [0.2, 0.25) is 0 Å². The number of hydrogen-bond acceptors (Lipinski definition) is 2. The van der Waals surface area contributed by atoms with Gasteiger partial charge in [-0.2, -0.15) is 0 Å². The van der Waals surface area contributed by atoms with E-state index in [0.717, 1.165) is 36.5 Å². The van der Waals surface area contributed by atoms with Crippen molar-refractivity contribution < 1.29 is 9.32 Å². The fraction of sp³-hybridized carbons (Fsp3) is 0.333. The topological polar surface area (TPSA) is 43.6 Å². The minimum atomic E-state index is 0.814. The zero-order valence-electron chi connectivity index (χ0n) is 8.84. The fourth-order valence-electron chi connectivity index (χ4n) is 2.33. The van der Waals surface area contributed by atoms with Crippen LogP contribution in [0.15, 0.2) is 22.6 Å². The van der Waals surface area contributed by atoms with Crippen molar-refractivity contribution in [1.29, 1.82) is 0 Å². The van der Waals surface area contributed by atoms with Crippen LogP contribution in [-0.2, 0) is 13.0 Å². The maximum atomic E-state index is 5.82. The maximum absolute atomic E-state index is 5.82. The summed E-state index contributed by atoms with van der Waals surface area (Å²) in [4.78, 5) is 1.53. The predicted molar refractivity (Wildman–Crippen MR) is 59.8 cm³/mol. The second-order valence-electron chi connectivity index (χ2n) is 4.39. The molecule has 0 fully saturated rings. The number of nitrogen functional groups attached to an aromatic ring is 1. The van der Waals surface area contributed by atoms with Gasteiger partial charge >= 0.3 is 0 Å². The average Bonchev–Trinajstić information content (AvgIpc) is 2.56. The summed E-state index contributed by atoms with van der Waals surface area (Å²) in [6.45, 7) is 2.20. The van der Waals surface area contributed by atoms with Gasteiger partial charge in [-0.15, -0.1) is 0 Å². The van der Waals surface area contributed by atoms with E-state index in [0.29, 0.717) is 0 Å². The Morgan fingerprint density at radius 1 is 1.40 bits per heavy atom. The summed E-state index contributed by atoms with van der Waals surface area (Å²) in [6, 6.07) is 5.89. The largest absolute Gasteiger partial charge is 0.460 e. The van der Waals surface area contributed by atoms with Crippen molar-refractivity contribution in [2.24, 2.45) is 0 Å². The van der Waals surface area contributed by atoms with Crippen LogP contribution in [0.4, 0.5) is 5.69 Å². The Balaban J connectivity index is 2.25. The number of quaternary nitrogens is 1. The minimum absolute atomic E-state index is 0.814.